The highest BCUT2D eigenvalue weighted by atomic mass is 19.5. The summed E-state index contributed by atoms with van der Waals surface area (Å²) in [7, 11) is -6.00. The van der Waals surface area contributed by atoms with Gasteiger partial charge in [-0.3, -0.25) is 4.79 Å². The van der Waals surface area contributed by atoms with Crippen LogP contribution in [0.3, 0.4) is 0 Å². The lowest BCUT2D eigenvalue weighted by Crippen LogP contribution is -2.35. The zero-order valence-electron chi connectivity index (χ0n) is 14.0. The molecule has 22 heavy (non-hydrogen) atoms. The Kier molecular flexibility index (Phi) is 12.8. The fourth-order valence-corrected chi connectivity index (χ4v) is 1.81. The number of carbonyl (C=O) groups excluding carboxylic acids is 1. The molecule has 0 aliphatic heterocycles. The van der Waals surface area contributed by atoms with Crippen molar-refractivity contribution in [2.24, 2.45) is 0 Å². The van der Waals surface area contributed by atoms with Crippen LogP contribution in [0.4, 0.5) is 17.3 Å². The average molecular weight is 330 g/mol. The summed E-state index contributed by atoms with van der Waals surface area (Å²) in [5.74, 6) is 0.944. The third kappa shape index (κ3) is 12.5. The second kappa shape index (κ2) is 12.3. The van der Waals surface area contributed by atoms with E-state index in [0.717, 1.165) is 32.1 Å². The van der Waals surface area contributed by atoms with E-state index in [1.54, 1.807) is 0 Å². The Hall–Kier alpha value is -1.28. The van der Waals surface area contributed by atoms with Crippen molar-refractivity contribution in [3.05, 3.63) is 0 Å². The minimum Gasteiger partial charge on any atom is -0.448 e. The van der Waals surface area contributed by atoms with Gasteiger partial charge in [0.15, 0.2) is 0 Å². The van der Waals surface area contributed by atoms with Crippen molar-refractivity contribution in [3.63, 3.8) is 0 Å². The van der Waals surface area contributed by atoms with E-state index in [1.807, 2.05) is 25.7 Å². The molecule has 0 bridgehead atoms. The summed E-state index contributed by atoms with van der Waals surface area (Å²) in [6.07, 6.45) is 0.372. The molecule has 0 fully saturated rings. The van der Waals surface area contributed by atoms with Crippen LogP contribution in [0.1, 0.15) is 41.0 Å². The van der Waals surface area contributed by atoms with Crippen LogP contribution in [-0.2, 0) is 9.53 Å². The molecular weight excluding hydrogens is 303 g/mol. The number of amides is 1. The van der Waals surface area contributed by atoms with E-state index in [9.17, 15) is 22.1 Å². The van der Waals surface area contributed by atoms with Crippen molar-refractivity contribution in [2.75, 3.05) is 32.8 Å². The number of halogens is 4. The van der Waals surface area contributed by atoms with Crippen LogP contribution in [0.5, 0.6) is 0 Å². The van der Waals surface area contributed by atoms with Gasteiger partial charge >= 0.3 is 13.2 Å². The molecule has 0 aromatic rings. The minimum atomic E-state index is -6.00. The normalized spacial score (nSPS) is 10.4. The second-order valence-corrected chi connectivity index (χ2v) is 4.24. The standard InChI is InChI=1S/C13H27N2O2.BF4/c1-6-14(7-2)12(16)11-13(17-10-5)15(8-3)9-4;2-1(3,4)5/h6-11H2,1-5H3;/q+1;-1. The first-order chi connectivity index (χ1) is 10.1. The predicted octanol–water partition coefficient (Wildman–Crippen LogP) is 3.03. The molecule has 0 aromatic carbocycles. The van der Waals surface area contributed by atoms with Gasteiger partial charge in [-0.1, -0.05) is 0 Å². The fourth-order valence-electron chi connectivity index (χ4n) is 1.81. The number of rotatable bonds is 7. The van der Waals surface area contributed by atoms with Crippen LogP contribution in [0, 0.1) is 0 Å². The molecular formula is C13H27BF4N2O2. The van der Waals surface area contributed by atoms with Crippen molar-refractivity contribution in [1.29, 1.82) is 0 Å². The Labute approximate surface area is 130 Å². The van der Waals surface area contributed by atoms with Crippen LogP contribution in [-0.4, -0.2) is 61.3 Å². The van der Waals surface area contributed by atoms with Gasteiger partial charge in [0.1, 0.15) is 19.5 Å². The van der Waals surface area contributed by atoms with Crippen molar-refractivity contribution >= 4 is 19.1 Å². The SMILES string of the molecule is CCOC(CC(=O)N(CC)CC)=[N+](CC)CC.F[B-](F)(F)F. The Morgan fingerprint density at radius 3 is 1.68 bits per heavy atom. The molecule has 0 N–H and O–H groups in total. The highest BCUT2D eigenvalue weighted by molar-refractivity contribution is 6.50. The van der Waals surface area contributed by atoms with Crippen molar-refractivity contribution < 1.29 is 31.4 Å². The maximum Gasteiger partial charge on any atom is 0.673 e. The van der Waals surface area contributed by atoms with Crippen molar-refractivity contribution in [1.82, 2.24) is 4.90 Å². The minimum absolute atomic E-state index is 0.144. The molecule has 0 heterocycles. The molecule has 0 aliphatic carbocycles. The smallest absolute Gasteiger partial charge is 0.448 e. The molecule has 1 amide bonds. The summed E-state index contributed by atoms with van der Waals surface area (Å²) >= 11 is 0. The van der Waals surface area contributed by atoms with Gasteiger partial charge in [-0.15, -0.1) is 0 Å². The number of hydrogen-bond acceptors (Lipinski definition) is 2. The van der Waals surface area contributed by atoms with E-state index in [-0.39, 0.29) is 5.91 Å². The maximum absolute atomic E-state index is 12.0. The van der Waals surface area contributed by atoms with Crippen LogP contribution < -0.4 is 0 Å². The van der Waals surface area contributed by atoms with Crippen molar-refractivity contribution in [3.8, 4) is 0 Å². The lowest BCUT2D eigenvalue weighted by atomic mass is 10.3. The molecule has 0 saturated carbocycles. The monoisotopic (exact) mass is 330 g/mol. The van der Waals surface area contributed by atoms with Gasteiger partial charge in [0, 0.05) is 13.1 Å². The van der Waals surface area contributed by atoms with Gasteiger partial charge in [0.2, 0.25) is 5.91 Å². The largest absolute Gasteiger partial charge is 0.673 e. The molecule has 0 aliphatic rings. The Bertz CT molecular complexity index is 333. The average Bonchev–Trinajstić information content (AvgIpc) is 2.39. The van der Waals surface area contributed by atoms with Crippen LogP contribution in [0.2, 0.25) is 0 Å². The molecule has 0 aromatic heterocycles. The van der Waals surface area contributed by atoms with E-state index in [1.165, 1.54) is 0 Å². The molecule has 0 saturated heterocycles. The summed E-state index contributed by atoms with van der Waals surface area (Å²) in [4.78, 5) is 13.9. The Balaban J connectivity index is 0. The molecule has 132 valence electrons. The van der Waals surface area contributed by atoms with Crippen LogP contribution in [0.15, 0.2) is 0 Å². The van der Waals surface area contributed by atoms with Gasteiger partial charge in [-0.05, 0) is 34.6 Å². The summed E-state index contributed by atoms with van der Waals surface area (Å²) in [5.41, 5.74) is 0. The van der Waals surface area contributed by atoms with Crippen LogP contribution >= 0.6 is 0 Å². The van der Waals surface area contributed by atoms with Crippen LogP contribution in [0.25, 0.3) is 0 Å². The third-order valence-electron chi connectivity index (χ3n) is 2.85. The first-order valence-electron chi connectivity index (χ1n) is 7.52. The fraction of sp³-hybridized carbons (Fsp3) is 0.846. The highest BCUT2D eigenvalue weighted by Crippen LogP contribution is 2.06. The van der Waals surface area contributed by atoms with E-state index in [2.05, 4.69) is 18.4 Å². The topological polar surface area (TPSA) is 32.5 Å². The van der Waals surface area contributed by atoms with Gasteiger partial charge in [-0.25, -0.2) is 4.58 Å². The van der Waals surface area contributed by atoms with Gasteiger partial charge < -0.3 is 26.9 Å². The first-order valence-corrected chi connectivity index (χ1v) is 7.52. The number of nitrogens with zero attached hydrogens (tertiary/aromatic N) is 2. The van der Waals surface area contributed by atoms with Gasteiger partial charge in [0.05, 0.1) is 6.61 Å². The quantitative estimate of drug-likeness (QED) is 0.236. The lowest BCUT2D eigenvalue weighted by molar-refractivity contribution is -0.530. The molecule has 9 heteroatoms. The Morgan fingerprint density at radius 1 is 1.00 bits per heavy atom. The second-order valence-electron chi connectivity index (χ2n) is 4.24. The van der Waals surface area contributed by atoms with E-state index < -0.39 is 7.25 Å². The summed E-state index contributed by atoms with van der Waals surface area (Å²) in [6, 6.07) is 0. The van der Waals surface area contributed by atoms with E-state index >= 15 is 0 Å². The van der Waals surface area contributed by atoms with Gasteiger partial charge in [0.25, 0.3) is 0 Å². The summed E-state index contributed by atoms with van der Waals surface area (Å²) in [5, 5.41) is 0. The zero-order valence-corrected chi connectivity index (χ0v) is 14.0. The van der Waals surface area contributed by atoms with Crippen molar-refractivity contribution in [2.45, 2.75) is 41.0 Å². The summed E-state index contributed by atoms with van der Waals surface area (Å²) in [6.45, 7) is 14.0. The number of ether oxygens (including phenoxy) is 1. The molecule has 0 rings (SSSR count). The summed E-state index contributed by atoms with van der Waals surface area (Å²) < 4.78 is 46.7. The molecule has 0 unspecified atom stereocenters. The molecule has 0 atom stereocenters. The molecule has 4 nitrogen and oxygen atoms in total. The lowest BCUT2D eigenvalue weighted by Gasteiger charge is -2.18. The number of hydrogen-bond donors (Lipinski definition) is 0. The third-order valence-corrected chi connectivity index (χ3v) is 2.85. The highest BCUT2D eigenvalue weighted by Gasteiger charge is 2.21. The predicted molar refractivity (Wildman–Crippen MR) is 80.7 cm³/mol. The first kappa shape index (κ1) is 23.0. The number of carbonyl (C=O) groups is 1. The zero-order chi connectivity index (χ0) is 17.8. The van der Waals surface area contributed by atoms with E-state index in [4.69, 9.17) is 4.74 Å². The van der Waals surface area contributed by atoms with E-state index in [0.29, 0.717) is 13.0 Å². The van der Waals surface area contributed by atoms with Gasteiger partial charge in [-0.2, -0.15) is 0 Å². The maximum atomic E-state index is 12.0. The molecule has 0 spiro atoms. The Morgan fingerprint density at radius 2 is 1.41 bits per heavy atom. The molecule has 0 radical (unpaired) electrons.